The van der Waals surface area contributed by atoms with E-state index in [-0.39, 0.29) is 4.90 Å². The first-order valence-corrected chi connectivity index (χ1v) is 8.94. The van der Waals surface area contributed by atoms with Crippen LogP contribution < -0.4 is 4.72 Å². The Morgan fingerprint density at radius 1 is 1.10 bits per heavy atom. The van der Waals surface area contributed by atoms with Gasteiger partial charge in [0.25, 0.3) is 0 Å². The van der Waals surface area contributed by atoms with Gasteiger partial charge >= 0.3 is 0 Å². The van der Waals surface area contributed by atoms with Crippen molar-refractivity contribution in [1.82, 2.24) is 4.72 Å². The van der Waals surface area contributed by atoms with E-state index in [0.717, 1.165) is 25.2 Å². The van der Waals surface area contributed by atoms with E-state index >= 15 is 0 Å². The van der Waals surface area contributed by atoms with Crippen molar-refractivity contribution in [1.29, 1.82) is 5.26 Å². The highest BCUT2D eigenvalue weighted by atomic mass is 32.2. The van der Waals surface area contributed by atoms with Gasteiger partial charge in [0, 0.05) is 6.54 Å². The highest BCUT2D eigenvalue weighted by Crippen LogP contribution is 2.11. The molecular formula is C16H24N2O2S. The average Bonchev–Trinajstić information content (AvgIpc) is 2.46. The summed E-state index contributed by atoms with van der Waals surface area (Å²) in [5.41, 5.74) is 0.458. The second-order valence-electron chi connectivity index (χ2n) is 5.63. The molecule has 0 amide bonds. The molecule has 0 aliphatic heterocycles. The molecule has 0 aliphatic rings. The van der Waals surface area contributed by atoms with Crippen LogP contribution in [0.1, 0.15) is 51.5 Å². The predicted molar refractivity (Wildman–Crippen MR) is 84.3 cm³/mol. The molecule has 0 aromatic heterocycles. The summed E-state index contributed by atoms with van der Waals surface area (Å²) in [5.74, 6) is 0.736. The normalized spacial score (nSPS) is 11.5. The third-order valence-electron chi connectivity index (χ3n) is 3.29. The van der Waals surface area contributed by atoms with Crippen LogP contribution in [0.2, 0.25) is 0 Å². The minimum atomic E-state index is -3.45. The highest BCUT2D eigenvalue weighted by molar-refractivity contribution is 7.89. The van der Waals surface area contributed by atoms with Crippen LogP contribution in [0.25, 0.3) is 0 Å². The molecule has 0 spiro atoms. The number of hydrogen-bond acceptors (Lipinski definition) is 3. The van der Waals surface area contributed by atoms with E-state index in [0.29, 0.717) is 12.1 Å². The van der Waals surface area contributed by atoms with Crippen LogP contribution >= 0.6 is 0 Å². The predicted octanol–water partition coefficient (Wildman–Crippen LogP) is 3.44. The molecule has 0 aliphatic carbocycles. The van der Waals surface area contributed by atoms with E-state index in [1.807, 2.05) is 6.07 Å². The topological polar surface area (TPSA) is 70.0 Å². The van der Waals surface area contributed by atoms with E-state index in [1.165, 1.54) is 37.1 Å². The molecule has 1 aromatic rings. The number of benzene rings is 1. The van der Waals surface area contributed by atoms with Crippen molar-refractivity contribution in [3.05, 3.63) is 29.8 Å². The molecule has 116 valence electrons. The Morgan fingerprint density at radius 3 is 2.29 bits per heavy atom. The maximum Gasteiger partial charge on any atom is 0.240 e. The van der Waals surface area contributed by atoms with Crippen LogP contribution in [0.4, 0.5) is 0 Å². The van der Waals surface area contributed by atoms with E-state index in [9.17, 15) is 8.42 Å². The summed E-state index contributed by atoms with van der Waals surface area (Å²) in [4.78, 5) is 0.210. The monoisotopic (exact) mass is 308 g/mol. The largest absolute Gasteiger partial charge is 0.240 e. The minimum absolute atomic E-state index is 0.210. The number of hydrogen-bond donors (Lipinski definition) is 1. The van der Waals surface area contributed by atoms with Crippen molar-refractivity contribution in [3.63, 3.8) is 0 Å². The summed E-state index contributed by atoms with van der Waals surface area (Å²) in [5, 5.41) is 8.69. The van der Waals surface area contributed by atoms with Crippen LogP contribution in [-0.4, -0.2) is 15.0 Å². The Kier molecular flexibility index (Phi) is 7.41. The average molecular weight is 308 g/mol. The van der Waals surface area contributed by atoms with Gasteiger partial charge in [-0.3, -0.25) is 0 Å². The summed E-state index contributed by atoms with van der Waals surface area (Å²) in [6.07, 6.45) is 5.49. The molecule has 1 aromatic carbocycles. The maximum absolute atomic E-state index is 12.0. The Morgan fingerprint density at radius 2 is 1.71 bits per heavy atom. The van der Waals surface area contributed by atoms with Crippen molar-refractivity contribution >= 4 is 10.0 Å². The molecule has 5 heteroatoms. The zero-order valence-electron chi connectivity index (χ0n) is 12.8. The van der Waals surface area contributed by atoms with Crippen molar-refractivity contribution < 1.29 is 8.42 Å². The van der Waals surface area contributed by atoms with Crippen LogP contribution in [0.3, 0.4) is 0 Å². The van der Waals surface area contributed by atoms with Gasteiger partial charge < -0.3 is 0 Å². The Hall–Kier alpha value is -1.38. The van der Waals surface area contributed by atoms with Gasteiger partial charge in [-0.2, -0.15) is 5.26 Å². The lowest BCUT2D eigenvalue weighted by molar-refractivity contribution is 0.517. The highest BCUT2D eigenvalue weighted by Gasteiger charge is 2.12. The van der Waals surface area contributed by atoms with Crippen molar-refractivity contribution in [2.75, 3.05) is 6.54 Å². The number of rotatable bonds is 9. The second-order valence-corrected chi connectivity index (χ2v) is 7.40. The smallest absolute Gasteiger partial charge is 0.211 e. The van der Waals surface area contributed by atoms with Gasteiger partial charge in [0.2, 0.25) is 10.0 Å². The fraction of sp³-hybridized carbons (Fsp3) is 0.562. The second kappa shape index (κ2) is 8.81. The first kappa shape index (κ1) is 17.7. The molecule has 0 fully saturated rings. The molecule has 0 heterocycles. The summed E-state index contributed by atoms with van der Waals surface area (Å²) in [6, 6.07) is 7.92. The number of nitriles is 1. The van der Waals surface area contributed by atoms with Crippen LogP contribution in [0, 0.1) is 17.2 Å². The first-order chi connectivity index (χ1) is 9.95. The molecule has 0 saturated heterocycles. The van der Waals surface area contributed by atoms with Crippen molar-refractivity contribution in [2.45, 2.75) is 50.8 Å². The zero-order valence-corrected chi connectivity index (χ0v) is 13.6. The first-order valence-electron chi connectivity index (χ1n) is 7.45. The maximum atomic E-state index is 12.0. The lowest BCUT2D eigenvalue weighted by atomic mass is 10.0. The van der Waals surface area contributed by atoms with Gasteiger partial charge in [0.05, 0.1) is 16.5 Å². The third-order valence-corrected chi connectivity index (χ3v) is 4.77. The Labute approximate surface area is 128 Å². The molecule has 0 unspecified atom stereocenters. The minimum Gasteiger partial charge on any atom is -0.211 e. The number of unbranched alkanes of at least 4 members (excludes halogenated alkanes) is 3. The van der Waals surface area contributed by atoms with Gasteiger partial charge in [0.15, 0.2) is 0 Å². The third kappa shape index (κ3) is 6.74. The van der Waals surface area contributed by atoms with Crippen LogP contribution in [0.15, 0.2) is 29.2 Å². The SMILES string of the molecule is CC(C)CCCCCCNS(=O)(=O)c1ccc(C#N)cc1. The molecule has 0 saturated carbocycles. The molecule has 21 heavy (non-hydrogen) atoms. The Bertz CT molecular complexity index is 557. The summed E-state index contributed by atoms with van der Waals surface area (Å²) in [7, 11) is -3.45. The number of sulfonamides is 1. The Balaban J connectivity index is 2.31. The van der Waals surface area contributed by atoms with E-state index in [2.05, 4.69) is 18.6 Å². The molecule has 0 atom stereocenters. The quantitative estimate of drug-likeness (QED) is 0.710. The van der Waals surface area contributed by atoms with Gasteiger partial charge in [-0.15, -0.1) is 0 Å². The molecular weight excluding hydrogens is 284 g/mol. The summed E-state index contributed by atoms with van der Waals surface area (Å²) >= 11 is 0. The van der Waals surface area contributed by atoms with Crippen LogP contribution in [-0.2, 0) is 10.0 Å². The summed E-state index contributed by atoms with van der Waals surface area (Å²) in [6.45, 7) is 4.89. The molecule has 1 N–H and O–H groups in total. The van der Waals surface area contributed by atoms with Gasteiger partial charge in [0.1, 0.15) is 0 Å². The molecule has 1 rings (SSSR count). The molecule has 4 nitrogen and oxygen atoms in total. The van der Waals surface area contributed by atoms with Crippen LogP contribution in [0.5, 0.6) is 0 Å². The van der Waals surface area contributed by atoms with Gasteiger partial charge in [-0.1, -0.05) is 39.5 Å². The zero-order chi connectivity index (χ0) is 15.7. The number of nitrogens with one attached hydrogen (secondary N) is 1. The molecule has 0 radical (unpaired) electrons. The fourth-order valence-corrected chi connectivity index (χ4v) is 3.10. The number of nitrogens with zero attached hydrogens (tertiary/aromatic N) is 1. The van der Waals surface area contributed by atoms with Gasteiger partial charge in [-0.05, 0) is 36.6 Å². The molecule has 0 bridgehead atoms. The standard InChI is InChI=1S/C16H24N2O2S/c1-14(2)7-5-3-4-6-12-18-21(19,20)16-10-8-15(13-17)9-11-16/h8-11,14,18H,3-7,12H2,1-2H3. The summed E-state index contributed by atoms with van der Waals surface area (Å²) < 4.78 is 26.6. The van der Waals surface area contributed by atoms with E-state index < -0.39 is 10.0 Å². The lowest BCUT2D eigenvalue weighted by Gasteiger charge is -2.07. The fourth-order valence-electron chi connectivity index (χ4n) is 2.03. The van der Waals surface area contributed by atoms with Gasteiger partial charge in [-0.25, -0.2) is 13.1 Å². The lowest BCUT2D eigenvalue weighted by Crippen LogP contribution is -2.24. The van der Waals surface area contributed by atoms with E-state index in [1.54, 1.807) is 0 Å². The van der Waals surface area contributed by atoms with Crippen molar-refractivity contribution in [2.24, 2.45) is 5.92 Å². The van der Waals surface area contributed by atoms with Crippen molar-refractivity contribution in [3.8, 4) is 6.07 Å². The van der Waals surface area contributed by atoms with E-state index in [4.69, 9.17) is 5.26 Å².